The lowest BCUT2D eigenvalue weighted by molar-refractivity contribution is -0.143. The lowest BCUT2D eigenvalue weighted by Gasteiger charge is -2.03. The van der Waals surface area contributed by atoms with E-state index in [-0.39, 0.29) is 5.97 Å². The van der Waals surface area contributed by atoms with Crippen LogP contribution in [-0.4, -0.2) is 18.8 Å². The van der Waals surface area contributed by atoms with Gasteiger partial charge < -0.3 is 4.74 Å². The fourth-order valence-corrected chi connectivity index (χ4v) is 1.98. The van der Waals surface area contributed by atoms with Gasteiger partial charge in [-0.1, -0.05) is 12.1 Å². The van der Waals surface area contributed by atoms with Crippen molar-refractivity contribution in [3.63, 3.8) is 0 Å². The molecule has 0 aliphatic heterocycles. The molecule has 0 fully saturated rings. The van der Waals surface area contributed by atoms with E-state index in [4.69, 9.17) is 4.74 Å². The van der Waals surface area contributed by atoms with Gasteiger partial charge in [-0.05, 0) is 43.7 Å². The van der Waals surface area contributed by atoms with Gasteiger partial charge in [0, 0.05) is 11.3 Å². The highest BCUT2D eigenvalue weighted by molar-refractivity contribution is 7.98. The second-order valence-corrected chi connectivity index (χ2v) is 4.39. The minimum atomic E-state index is -0.0940. The van der Waals surface area contributed by atoms with Gasteiger partial charge in [0.1, 0.15) is 0 Å². The number of ether oxygens (including phenoxy) is 1. The van der Waals surface area contributed by atoms with Crippen molar-refractivity contribution < 1.29 is 9.53 Å². The van der Waals surface area contributed by atoms with Crippen molar-refractivity contribution >= 4 is 17.7 Å². The van der Waals surface area contributed by atoms with Crippen LogP contribution in [-0.2, 0) is 16.0 Å². The van der Waals surface area contributed by atoms with E-state index < -0.39 is 0 Å². The summed E-state index contributed by atoms with van der Waals surface area (Å²) < 4.78 is 4.88. The summed E-state index contributed by atoms with van der Waals surface area (Å²) in [4.78, 5) is 12.4. The van der Waals surface area contributed by atoms with Crippen LogP contribution in [0.25, 0.3) is 0 Å². The molecule has 0 aliphatic carbocycles. The minimum absolute atomic E-state index is 0.0940. The predicted molar refractivity (Wildman–Crippen MR) is 67.8 cm³/mol. The van der Waals surface area contributed by atoms with Crippen LogP contribution < -0.4 is 0 Å². The Morgan fingerprint density at radius 2 is 2.25 bits per heavy atom. The summed E-state index contributed by atoms with van der Waals surface area (Å²) >= 11 is 1.74. The van der Waals surface area contributed by atoms with Gasteiger partial charge in [0.05, 0.1) is 6.61 Å². The molecule has 0 aromatic heterocycles. The largest absolute Gasteiger partial charge is 0.466 e. The summed E-state index contributed by atoms with van der Waals surface area (Å²) in [5.74, 6) is -0.0940. The van der Waals surface area contributed by atoms with Gasteiger partial charge in [-0.3, -0.25) is 4.79 Å². The van der Waals surface area contributed by atoms with Crippen LogP contribution in [0.3, 0.4) is 0 Å². The predicted octanol–water partition coefficient (Wildman–Crippen LogP) is 3.29. The van der Waals surface area contributed by atoms with Crippen LogP contribution in [0.15, 0.2) is 29.2 Å². The zero-order valence-electron chi connectivity index (χ0n) is 9.86. The number of hydrogen-bond donors (Lipinski definition) is 0. The highest BCUT2D eigenvalue weighted by atomic mass is 32.2. The second kappa shape index (κ2) is 7.34. The fourth-order valence-electron chi connectivity index (χ4n) is 1.50. The van der Waals surface area contributed by atoms with Crippen LogP contribution in [0.5, 0.6) is 0 Å². The molecule has 0 aliphatic rings. The van der Waals surface area contributed by atoms with Gasteiger partial charge in [-0.25, -0.2) is 0 Å². The van der Waals surface area contributed by atoms with Crippen molar-refractivity contribution in [2.24, 2.45) is 0 Å². The number of carbonyl (C=O) groups excluding carboxylic acids is 1. The van der Waals surface area contributed by atoms with Gasteiger partial charge in [-0.2, -0.15) is 0 Å². The molecule has 3 heteroatoms. The Kier molecular flexibility index (Phi) is 6.01. The molecule has 0 spiro atoms. The molecule has 0 amide bonds. The molecule has 2 nitrogen and oxygen atoms in total. The standard InChI is InChI=1S/C13H18O2S/c1-3-15-13(14)9-5-7-11-6-4-8-12(10-11)16-2/h4,6,8,10H,3,5,7,9H2,1-2H3. The minimum Gasteiger partial charge on any atom is -0.466 e. The van der Waals surface area contributed by atoms with Gasteiger partial charge in [0.25, 0.3) is 0 Å². The molecule has 0 radical (unpaired) electrons. The van der Waals surface area contributed by atoms with E-state index in [2.05, 4.69) is 30.5 Å². The maximum atomic E-state index is 11.1. The third kappa shape index (κ3) is 4.71. The smallest absolute Gasteiger partial charge is 0.305 e. The monoisotopic (exact) mass is 238 g/mol. The van der Waals surface area contributed by atoms with E-state index in [9.17, 15) is 4.79 Å². The Bertz CT molecular complexity index is 336. The van der Waals surface area contributed by atoms with E-state index >= 15 is 0 Å². The third-order valence-corrected chi connectivity index (χ3v) is 3.01. The number of rotatable bonds is 6. The molecule has 0 bridgehead atoms. The van der Waals surface area contributed by atoms with Gasteiger partial charge in [0.15, 0.2) is 0 Å². The SMILES string of the molecule is CCOC(=O)CCCc1cccc(SC)c1. The van der Waals surface area contributed by atoms with Crippen LogP contribution in [0.2, 0.25) is 0 Å². The Labute approximate surface area is 101 Å². The summed E-state index contributed by atoms with van der Waals surface area (Å²) in [5.41, 5.74) is 1.29. The molecule has 0 saturated carbocycles. The molecule has 0 N–H and O–H groups in total. The summed E-state index contributed by atoms with van der Waals surface area (Å²) in [6.07, 6.45) is 4.37. The van der Waals surface area contributed by atoms with E-state index in [0.29, 0.717) is 13.0 Å². The first-order chi connectivity index (χ1) is 7.76. The summed E-state index contributed by atoms with van der Waals surface area (Å²) in [5, 5.41) is 0. The zero-order chi connectivity index (χ0) is 11.8. The van der Waals surface area contributed by atoms with Crippen molar-refractivity contribution in [3.05, 3.63) is 29.8 Å². The van der Waals surface area contributed by atoms with Crippen molar-refractivity contribution in [1.82, 2.24) is 0 Å². The lowest BCUT2D eigenvalue weighted by Crippen LogP contribution is -2.03. The van der Waals surface area contributed by atoms with Crippen molar-refractivity contribution in [2.75, 3.05) is 12.9 Å². The first-order valence-corrected chi connectivity index (χ1v) is 6.77. The number of hydrogen-bond acceptors (Lipinski definition) is 3. The van der Waals surface area contributed by atoms with E-state index in [1.165, 1.54) is 10.5 Å². The van der Waals surface area contributed by atoms with E-state index in [0.717, 1.165) is 12.8 Å². The lowest BCUT2D eigenvalue weighted by atomic mass is 10.1. The van der Waals surface area contributed by atoms with Crippen LogP contribution in [0, 0.1) is 0 Å². The number of benzene rings is 1. The molecule has 0 atom stereocenters. The van der Waals surface area contributed by atoms with Crippen LogP contribution in [0.4, 0.5) is 0 Å². The number of esters is 1. The van der Waals surface area contributed by atoms with Crippen molar-refractivity contribution in [1.29, 1.82) is 0 Å². The maximum absolute atomic E-state index is 11.1. The molecule has 88 valence electrons. The molecule has 1 aromatic carbocycles. The molecule has 0 saturated heterocycles. The average Bonchev–Trinajstić information content (AvgIpc) is 2.30. The molecular formula is C13H18O2S. The number of carbonyl (C=O) groups is 1. The average molecular weight is 238 g/mol. The molecule has 1 aromatic rings. The van der Waals surface area contributed by atoms with E-state index in [1.807, 2.05) is 6.92 Å². The van der Waals surface area contributed by atoms with Crippen LogP contribution in [0.1, 0.15) is 25.3 Å². The zero-order valence-corrected chi connectivity index (χ0v) is 10.7. The molecule has 0 heterocycles. The normalized spacial score (nSPS) is 10.1. The molecule has 0 unspecified atom stereocenters. The molecular weight excluding hydrogens is 220 g/mol. The first-order valence-electron chi connectivity index (χ1n) is 5.54. The Balaban J connectivity index is 2.34. The topological polar surface area (TPSA) is 26.3 Å². The van der Waals surface area contributed by atoms with Crippen molar-refractivity contribution in [3.8, 4) is 0 Å². The highest BCUT2D eigenvalue weighted by Gasteiger charge is 2.02. The van der Waals surface area contributed by atoms with Gasteiger partial charge in [-0.15, -0.1) is 11.8 Å². The Morgan fingerprint density at radius 3 is 2.94 bits per heavy atom. The number of thioether (sulfide) groups is 1. The highest BCUT2D eigenvalue weighted by Crippen LogP contribution is 2.17. The van der Waals surface area contributed by atoms with E-state index in [1.54, 1.807) is 11.8 Å². The molecule has 1 rings (SSSR count). The number of aryl methyl sites for hydroxylation is 1. The quantitative estimate of drug-likeness (QED) is 0.562. The summed E-state index contributed by atoms with van der Waals surface area (Å²) in [6, 6.07) is 8.44. The van der Waals surface area contributed by atoms with Crippen molar-refractivity contribution in [2.45, 2.75) is 31.1 Å². The summed E-state index contributed by atoms with van der Waals surface area (Å²) in [6.45, 7) is 2.31. The second-order valence-electron chi connectivity index (χ2n) is 3.51. The Hall–Kier alpha value is -0.960. The molecule has 16 heavy (non-hydrogen) atoms. The first kappa shape index (κ1) is 13.1. The fraction of sp³-hybridized carbons (Fsp3) is 0.462. The van der Waals surface area contributed by atoms with Gasteiger partial charge in [0.2, 0.25) is 0 Å². The Morgan fingerprint density at radius 1 is 1.44 bits per heavy atom. The maximum Gasteiger partial charge on any atom is 0.305 e. The van der Waals surface area contributed by atoms with Gasteiger partial charge >= 0.3 is 5.97 Å². The van der Waals surface area contributed by atoms with Crippen LogP contribution >= 0.6 is 11.8 Å². The third-order valence-electron chi connectivity index (χ3n) is 2.29. The summed E-state index contributed by atoms with van der Waals surface area (Å²) in [7, 11) is 0.